The molecule has 3 aliphatic carbocycles. The van der Waals surface area contributed by atoms with Gasteiger partial charge in [0.25, 0.3) is 0 Å². The van der Waals surface area contributed by atoms with E-state index in [9.17, 15) is 0 Å². The maximum atomic E-state index is 4.03. The number of aromatic nitrogens is 6. The zero-order chi connectivity index (χ0) is 27.3. The number of H-pyrrole nitrogens is 3. The van der Waals surface area contributed by atoms with Gasteiger partial charge in [-0.05, 0) is 115 Å². The number of nitrogens with zero attached hydrogens (tertiary/aromatic N) is 3. The van der Waals surface area contributed by atoms with Gasteiger partial charge in [0.15, 0.2) is 0 Å². The van der Waals surface area contributed by atoms with Crippen LogP contribution >= 0.6 is 0 Å². The summed E-state index contributed by atoms with van der Waals surface area (Å²) in [4.78, 5) is 21.6. The van der Waals surface area contributed by atoms with E-state index < -0.39 is 0 Å². The van der Waals surface area contributed by atoms with Crippen LogP contribution in [0.5, 0.6) is 0 Å². The molecule has 3 aliphatic rings. The van der Waals surface area contributed by atoms with Crippen molar-refractivity contribution in [3.63, 3.8) is 0 Å². The van der Waals surface area contributed by atoms with E-state index in [0.29, 0.717) is 0 Å². The first-order valence-corrected chi connectivity index (χ1v) is 14.9. The van der Waals surface area contributed by atoms with Gasteiger partial charge in [-0.25, -0.2) is 15.0 Å². The van der Waals surface area contributed by atoms with Crippen LogP contribution in [0, 0.1) is 17.8 Å². The van der Waals surface area contributed by atoms with Gasteiger partial charge >= 0.3 is 0 Å². The molecule has 2 unspecified atom stereocenters. The molecule has 3 aromatic heterocycles. The van der Waals surface area contributed by atoms with Gasteiger partial charge in [-0.2, -0.15) is 0 Å². The van der Waals surface area contributed by atoms with E-state index in [1.165, 1.54) is 86.9 Å². The number of aromatic amines is 3. The average molecular weight is 529 g/mol. The van der Waals surface area contributed by atoms with Crippen LogP contribution < -0.4 is 0 Å². The van der Waals surface area contributed by atoms with Crippen LogP contribution in [0.4, 0.5) is 0 Å². The van der Waals surface area contributed by atoms with Crippen molar-refractivity contribution in [2.75, 3.05) is 0 Å². The molecule has 0 amide bonds. The Bertz CT molecular complexity index is 1060. The molecule has 0 saturated heterocycles. The summed E-state index contributed by atoms with van der Waals surface area (Å²) in [5, 5.41) is 0. The molecule has 0 aliphatic heterocycles. The fourth-order valence-corrected chi connectivity index (χ4v) is 5.82. The molecular weight excluding hydrogens is 480 g/mol. The first-order chi connectivity index (χ1) is 19.0. The van der Waals surface area contributed by atoms with Crippen molar-refractivity contribution in [1.82, 2.24) is 29.9 Å². The van der Waals surface area contributed by atoms with Crippen LogP contribution in [0.1, 0.15) is 95.1 Å². The van der Waals surface area contributed by atoms with E-state index in [1.54, 1.807) is 30.1 Å². The summed E-state index contributed by atoms with van der Waals surface area (Å²) in [6, 6.07) is 0. The van der Waals surface area contributed by atoms with Crippen LogP contribution in [0.15, 0.2) is 73.0 Å². The van der Waals surface area contributed by atoms with Gasteiger partial charge in [-0.15, -0.1) is 0 Å². The first kappa shape index (κ1) is 28.8. The Labute approximate surface area is 235 Å². The van der Waals surface area contributed by atoms with Crippen molar-refractivity contribution in [2.45, 2.75) is 97.3 Å². The van der Waals surface area contributed by atoms with E-state index in [0.717, 1.165) is 37.0 Å². The second-order valence-electron chi connectivity index (χ2n) is 11.9. The van der Waals surface area contributed by atoms with Crippen molar-refractivity contribution < 1.29 is 0 Å². The molecule has 6 heteroatoms. The minimum Gasteiger partial charge on any atom is -0.348 e. The molecule has 210 valence electrons. The normalized spacial score (nSPS) is 21.6. The summed E-state index contributed by atoms with van der Waals surface area (Å²) < 4.78 is 0. The second-order valence-corrected chi connectivity index (χ2v) is 11.9. The topological polar surface area (TPSA) is 86.0 Å². The smallest absolute Gasteiger partial charge is 0.0921 e. The lowest BCUT2D eigenvalue weighted by molar-refractivity contribution is 0.405. The van der Waals surface area contributed by atoms with E-state index in [1.807, 2.05) is 18.6 Å². The van der Waals surface area contributed by atoms with Crippen molar-refractivity contribution >= 4 is 0 Å². The molecule has 3 aromatic rings. The van der Waals surface area contributed by atoms with Crippen molar-refractivity contribution in [3.05, 3.63) is 90.1 Å². The van der Waals surface area contributed by atoms with Crippen molar-refractivity contribution in [1.29, 1.82) is 0 Å². The minimum atomic E-state index is 0.823. The Kier molecular flexibility index (Phi) is 11.4. The number of rotatable bonds is 6. The molecule has 0 spiro atoms. The molecule has 1 saturated carbocycles. The van der Waals surface area contributed by atoms with Crippen LogP contribution in [0.2, 0.25) is 0 Å². The van der Waals surface area contributed by atoms with Gasteiger partial charge in [-0.1, -0.05) is 35.5 Å². The molecule has 0 aromatic carbocycles. The SMILES string of the molecule is C=C1CCC(Cc2cnc[nH]2)CC1.CC1=CCC(Cc2cnc[nH]2)CC1.CC1=CCC(Cc2cnc[nH]2)CC1. The lowest BCUT2D eigenvalue weighted by Gasteiger charge is -2.22. The maximum Gasteiger partial charge on any atom is 0.0921 e. The van der Waals surface area contributed by atoms with Crippen LogP contribution in [0.25, 0.3) is 0 Å². The van der Waals surface area contributed by atoms with Crippen LogP contribution in [-0.4, -0.2) is 29.9 Å². The quantitative estimate of drug-likeness (QED) is 0.283. The molecule has 3 heterocycles. The fourth-order valence-electron chi connectivity index (χ4n) is 5.82. The molecule has 0 bridgehead atoms. The highest BCUT2D eigenvalue weighted by molar-refractivity contribution is 5.07. The third-order valence-electron chi connectivity index (χ3n) is 8.50. The molecule has 1 fully saturated rings. The fraction of sp³-hybridized carbons (Fsp3) is 0.545. The molecule has 0 radical (unpaired) electrons. The molecule has 39 heavy (non-hydrogen) atoms. The van der Waals surface area contributed by atoms with Crippen molar-refractivity contribution in [2.24, 2.45) is 17.8 Å². The molecule has 3 N–H and O–H groups in total. The van der Waals surface area contributed by atoms with Crippen molar-refractivity contribution in [3.8, 4) is 0 Å². The Morgan fingerprint density at radius 2 is 1.00 bits per heavy atom. The first-order valence-electron chi connectivity index (χ1n) is 14.9. The number of hydrogen-bond acceptors (Lipinski definition) is 3. The summed E-state index contributed by atoms with van der Waals surface area (Å²) in [5.41, 5.74) is 8.37. The highest BCUT2D eigenvalue weighted by Gasteiger charge is 2.16. The lowest BCUT2D eigenvalue weighted by atomic mass is 9.84. The zero-order valence-electron chi connectivity index (χ0n) is 24.1. The van der Waals surface area contributed by atoms with E-state index in [-0.39, 0.29) is 0 Å². The van der Waals surface area contributed by atoms with Gasteiger partial charge in [0.05, 0.1) is 19.0 Å². The summed E-state index contributed by atoms with van der Waals surface area (Å²) in [6.45, 7) is 8.48. The predicted octanol–water partition coefficient (Wildman–Crippen LogP) is 8.10. The standard InChI is InChI=1S/3C11H16N2/c3*1-9-2-4-10(5-3-9)6-11-7-12-8-13-11/h2*2,7-8,10H,3-6H2,1H3,(H,12,13);7-8,10H,1-6H2,(H,12,13). The second kappa shape index (κ2) is 15.4. The van der Waals surface area contributed by atoms with Gasteiger partial charge in [0.1, 0.15) is 0 Å². The summed E-state index contributed by atoms with van der Waals surface area (Å²) in [5.74, 6) is 2.49. The highest BCUT2D eigenvalue weighted by Crippen LogP contribution is 2.29. The number of imidazole rings is 3. The molecule has 2 atom stereocenters. The predicted molar refractivity (Wildman–Crippen MR) is 160 cm³/mol. The van der Waals surface area contributed by atoms with Gasteiger partial charge in [0, 0.05) is 35.7 Å². The minimum absolute atomic E-state index is 0.823. The molecule has 6 nitrogen and oxygen atoms in total. The average Bonchev–Trinajstić information content (AvgIpc) is 3.74. The van der Waals surface area contributed by atoms with Crippen LogP contribution in [0.3, 0.4) is 0 Å². The largest absolute Gasteiger partial charge is 0.348 e. The number of hydrogen-bond donors (Lipinski definition) is 3. The number of allylic oxidation sites excluding steroid dienone is 5. The Balaban J connectivity index is 0.000000136. The Morgan fingerprint density at radius 3 is 1.33 bits per heavy atom. The van der Waals surface area contributed by atoms with Crippen LogP contribution in [-0.2, 0) is 19.3 Å². The van der Waals surface area contributed by atoms with E-state index in [4.69, 9.17) is 0 Å². The summed E-state index contributed by atoms with van der Waals surface area (Å²) in [6.07, 6.45) is 32.1. The van der Waals surface area contributed by atoms with Gasteiger partial charge < -0.3 is 15.0 Å². The monoisotopic (exact) mass is 528 g/mol. The highest BCUT2D eigenvalue weighted by atomic mass is 14.9. The third-order valence-corrected chi connectivity index (χ3v) is 8.50. The Morgan fingerprint density at radius 1 is 0.615 bits per heavy atom. The van der Waals surface area contributed by atoms with E-state index in [2.05, 4.69) is 62.5 Å². The van der Waals surface area contributed by atoms with Gasteiger partial charge in [-0.3, -0.25) is 0 Å². The summed E-state index contributed by atoms with van der Waals surface area (Å²) >= 11 is 0. The zero-order valence-corrected chi connectivity index (χ0v) is 24.1. The Hall–Kier alpha value is -3.15. The third kappa shape index (κ3) is 10.5. The maximum absolute atomic E-state index is 4.03. The van der Waals surface area contributed by atoms with E-state index >= 15 is 0 Å². The molecule has 6 rings (SSSR count). The molecular formula is C33H48N6. The number of nitrogens with one attached hydrogen (secondary N) is 3. The summed E-state index contributed by atoms with van der Waals surface area (Å²) in [7, 11) is 0. The lowest BCUT2D eigenvalue weighted by Crippen LogP contribution is -2.10. The van der Waals surface area contributed by atoms with Gasteiger partial charge in [0.2, 0.25) is 0 Å².